The van der Waals surface area contributed by atoms with E-state index in [1.165, 1.54) is 25.7 Å². The van der Waals surface area contributed by atoms with E-state index < -0.39 is 11.5 Å². The number of nitrogens with zero attached hydrogens (tertiary/aromatic N) is 1. The fourth-order valence-electron chi connectivity index (χ4n) is 3.39. The first-order chi connectivity index (χ1) is 9.52. The van der Waals surface area contributed by atoms with Gasteiger partial charge in [-0.25, -0.2) is 0 Å². The van der Waals surface area contributed by atoms with Crippen LogP contribution in [0.4, 0.5) is 0 Å². The Hall–Kier alpha value is -1.10. The van der Waals surface area contributed by atoms with Crippen LogP contribution in [0.2, 0.25) is 0 Å². The molecule has 5 nitrogen and oxygen atoms in total. The lowest BCUT2D eigenvalue weighted by molar-refractivity contribution is -0.149. The number of carboxylic acid groups (broad SMARTS) is 1. The Balaban J connectivity index is 1.86. The molecule has 2 N–H and O–H groups in total. The minimum atomic E-state index is -0.874. The Morgan fingerprint density at radius 2 is 1.85 bits per heavy atom. The quantitative estimate of drug-likeness (QED) is 0.771. The summed E-state index contributed by atoms with van der Waals surface area (Å²) in [5.74, 6) is -0.844. The van der Waals surface area contributed by atoms with Gasteiger partial charge in [-0.3, -0.25) is 14.5 Å². The highest BCUT2D eigenvalue weighted by Gasteiger charge is 2.43. The van der Waals surface area contributed by atoms with Crippen LogP contribution in [0.15, 0.2) is 0 Å². The highest BCUT2D eigenvalue weighted by atomic mass is 16.4. The Bertz CT molecular complexity index is 364. The van der Waals surface area contributed by atoms with Crippen LogP contribution in [0.1, 0.15) is 58.3 Å². The highest BCUT2D eigenvalue weighted by Crippen LogP contribution is 2.28. The molecule has 0 aromatic heterocycles. The number of carbonyl (C=O) groups is 2. The first-order valence-electron chi connectivity index (χ1n) is 7.80. The van der Waals surface area contributed by atoms with Crippen LogP contribution in [0.25, 0.3) is 0 Å². The molecule has 114 valence electrons. The van der Waals surface area contributed by atoms with Gasteiger partial charge in [0, 0.05) is 6.04 Å². The molecule has 1 amide bonds. The van der Waals surface area contributed by atoms with E-state index in [0.29, 0.717) is 13.0 Å². The van der Waals surface area contributed by atoms with Gasteiger partial charge in [0.1, 0.15) is 5.54 Å². The second kappa shape index (κ2) is 6.57. The van der Waals surface area contributed by atoms with Gasteiger partial charge in [-0.05, 0) is 39.2 Å². The highest BCUT2D eigenvalue weighted by molar-refractivity contribution is 5.82. The van der Waals surface area contributed by atoms with E-state index in [0.717, 1.165) is 19.3 Å². The van der Waals surface area contributed by atoms with Gasteiger partial charge in [0.2, 0.25) is 5.91 Å². The lowest BCUT2D eigenvalue weighted by Gasteiger charge is -2.31. The fraction of sp³-hybridized carbons (Fsp3) is 0.867. The van der Waals surface area contributed by atoms with Gasteiger partial charge >= 0.3 is 5.97 Å². The smallest absolute Gasteiger partial charge is 0.323 e. The summed E-state index contributed by atoms with van der Waals surface area (Å²) in [6.07, 6.45) is 8.47. The number of carbonyl (C=O) groups excluding carboxylic acids is 1. The molecule has 2 fully saturated rings. The molecule has 1 saturated heterocycles. The number of likely N-dealkylation sites (tertiary alicyclic amines) is 1. The zero-order valence-electron chi connectivity index (χ0n) is 12.4. The lowest BCUT2D eigenvalue weighted by atomic mass is 9.99. The number of rotatable bonds is 4. The summed E-state index contributed by atoms with van der Waals surface area (Å²) in [4.78, 5) is 25.3. The predicted molar refractivity (Wildman–Crippen MR) is 76.5 cm³/mol. The summed E-state index contributed by atoms with van der Waals surface area (Å²) in [7, 11) is 0. The molecular formula is C15H26N2O3. The van der Waals surface area contributed by atoms with Crippen molar-refractivity contribution in [2.75, 3.05) is 13.1 Å². The number of amides is 1. The van der Waals surface area contributed by atoms with Gasteiger partial charge in [-0.1, -0.05) is 25.7 Å². The Labute approximate surface area is 120 Å². The average Bonchev–Trinajstić information content (AvgIpc) is 2.62. The van der Waals surface area contributed by atoms with Crippen molar-refractivity contribution < 1.29 is 14.7 Å². The Morgan fingerprint density at radius 1 is 1.20 bits per heavy atom. The largest absolute Gasteiger partial charge is 0.480 e. The number of hydrogen-bond acceptors (Lipinski definition) is 3. The van der Waals surface area contributed by atoms with Gasteiger partial charge in [0.15, 0.2) is 0 Å². The molecular weight excluding hydrogens is 256 g/mol. The minimum absolute atomic E-state index is 0.0220. The maximum absolute atomic E-state index is 12.1. The van der Waals surface area contributed by atoms with Crippen molar-refractivity contribution in [2.24, 2.45) is 0 Å². The molecule has 1 aliphatic carbocycles. The summed E-state index contributed by atoms with van der Waals surface area (Å²) in [6.45, 7) is 2.63. The Kier molecular flexibility index (Phi) is 5.02. The number of nitrogens with one attached hydrogen (secondary N) is 1. The standard InChI is InChI=1S/C15H26N2O3/c1-15(14(19)20)9-6-10-17(15)11-13(18)16-12-7-4-2-3-5-8-12/h12H,2-11H2,1H3,(H,16,18)(H,19,20). The first-order valence-corrected chi connectivity index (χ1v) is 7.80. The van der Waals surface area contributed by atoms with Crippen LogP contribution in [0, 0.1) is 0 Å². The van der Waals surface area contributed by atoms with Crippen LogP contribution in [-0.2, 0) is 9.59 Å². The second-order valence-corrected chi connectivity index (χ2v) is 6.36. The van der Waals surface area contributed by atoms with Gasteiger partial charge < -0.3 is 10.4 Å². The molecule has 20 heavy (non-hydrogen) atoms. The van der Waals surface area contributed by atoms with Crippen molar-refractivity contribution in [3.8, 4) is 0 Å². The first kappa shape index (κ1) is 15.3. The van der Waals surface area contributed by atoms with Gasteiger partial charge in [0.05, 0.1) is 6.54 Å². The monoisotopic (exact) mass is 282 g/mol. The molecule has 1 saturated carbocycles. The topological polar surface area (TPSA) is 69.6 Å². The molecule has 1 heterocycles. The fourth-order valence-corrected chi connectivity index (χ4v) is 3.39. The van der Waals surface area contributed by atoms with Gasteiger partial charge in [-0.15, -0.1) is 0 Å². The number of aliphatic carboxylic acids is 1. The zero-order chi connectivity index (χ0) is 14.6. The van der Waals surface area contributed by atoms with Gasteiger partial charge in [-0.2, -0.15) is 0 Å². The van der Waals surface area contributed by atoms with Crippen LogP contribution in [0.3, 0.4) is 0 Å². The SMILES string of the molecule is CC1(C(=O)O)CCCN1CC(=O)NC1CCCCCC1. The molecule has 1 aliphatic heterocycles. The molecule has 5 heteroatoms. The van der Waals surface area contributed by atoms with Crippen LogP contribution >= 0.6 is 0 Å². The van der Waals surface area contributed by atoms with Crippen molar-refractivity contribution in [1.82, 2.24) is 10.2 Å². The van der Waals surface area contributed by atoms with E-state index in [4.69, 9.17) is 0 Å². The third-order valence-electron chi connectivity index (χ3n) is 4.81. The maximum atomic E-state index is 12.1. The maximum Gasteiger partial charge on any atom is 0.323 e. The van der Waals surface area contributed by atoms with E-state index in [-0.39, 0.29) is 18.5 Å². The van der Waals surface area contributed by atoms with Crippen LogP contribution in [-0.4, -0.2) is 46.6 Å². The van der Waals surface area contributed by atoms with E-state index in [1.54, 1.807) is 11.8 Å². The second-order valence-electron chi connectivity index (χ2n) is 6.36. The molecule has 0 spiro atoms. The van der Waals surface area contributed by atoms with E-state index in [1.807, 2.05) is 0 Å². The van der Waals surface area contributed by atoms with Crippen molar-refractivity contribution in [1.29, 1.82) is 0 Å². The summed E-state index contributed by atoms with van der Waals surface area (Å²) < 4.78 is 0. The zero-order valence-corrected chi connectivity index (χ0v) is 12.4. The molecule has 1 unspecified atom stereocenters. The van der Waals surface area contributed by atoms with Crippen molar-refractivity contribution in [3.63, 3.8) is 0 Å². The summed E-state index contributed by atoms with van der Waals surface area (Å²) in [5.41, 5.74) is -0.874. The summed E-state index contributed by atoms with van der Waals surface area (Å²) >= 11 is 0. The van der Waals surface area contributed by atoms with Crippen molar-refractivity contribution in [3.05, 3.63) is 0 Å². The molecule has 0 aromatic rings. The third-order valence-corrected chi connectivity index (χ3v) is 4.81. The Morgan fingerprint density at radius 3 is 2.45 bits per heavy atom. The molecule has 0 bridgehead atoms. The summed E-state index contributed by atoms with van der Waals surface area (Å²) in [5, 5.41) is 12.4. The lowest BCUT2D eigenvalue weighted by Crippen LogP contribution is -2.52. The molecule has 2 rings (SSSR count). The molecule has 1 atom stereocenters. The minimum Gasteiger partial charge on any atom is -0.480 e. The van der Waals surface area contributed by atoms with Crippen molar-refractivity contribution in [2.45, 2.75) is 69.9 Å². The third kappa shape index (κ3) is 3.51. The normalized spacial score (nSPS) is 29.1. The van der Waals surface area contributed by atoms with Crippen LogP contribution in [0.5, 0.6) is 0 Å². The van der Waals surface area contributed by atoms with E-state index in [9.17, 15) is 14.7 Å². The number of hydrogen-bond donors (Lipinski definition) is 2. The number of carboxylic acids is 1. The van der Waals surface area contributed by atoms with Crippen molar-refractivity contribution >= 4 is 11.9 Å². The average molecular weight is 282 g/mol. The van der Waals surface area contributed by atoms with Gasteiger partial charge in [0.25, 0.3) is 0 Å². The van der Waals surface area contributed by atoms with E-state index in [2.05, 4.69) is 5.32 Å². The molecule has 0 radical (unpaired) electrons. The predicted octanol–water partition coefficient (Wildman–Crippen LogP) is 1.76. The molecule has 0 aromatic carbocycles. The molecule has 2 aliphatic rings. The van der Waals surface area contributed by atoms with Crippen LogP contribution < -0.4 is 5.32 Å². The van der Waals surface area contributed by atoms with E-state index >= 15 is 0 Å². The summed E-state index contributed by atoms with van der Waals surface area (Å²) in [6, 6.07) is 0.281.